The molecule has 0 fully saturated rings. The first-order valence-electron chi connectivity index (χ1n) is 8.29. The molecule has 0 heterocycles. The van der Waals surface area contributed by atoms with Gasteiger partial charge in [-0.2, -0.15) is 0 Å². The van der Waals surface area contributed by atoms with Crippen LogP contribution >= 0.6 is 0 Å². The van der Waals surface area contributed by atoms with Gasteiger partial charge in [-0.05, 0) is 51.4 Å². The first-order chi connectivity index (χ1) is 9.77. The zero-order valence-corrected chi connectivity index (χ0v) is 13.2. The lowest BCUT2D eigenvalue weighted by atomic mass is 10.1. The third kappa shape index (κ3) is 16.9. The van der Waals surface area contributed by atoms with E-state index in [1.807, 2.05) is 0 Å². The maximum atomic E-state index is 10.3. The highest BCUT2D eigenvalue weighted by molar-refractivity contribution is 5.66. The highest BCUT2D eigenvalue weighted by Gasteiger charge is 1.94. The maximum absolute atomic E-state index is 10.3. The van der Waals surface area contributed by atoms with Gasteiger partial charge in [-0.25, -0.2) is 0 Å². The van der Waals surface area contributed by atoms with Crippen molar-refractivity contribution in [3.63, 3.8) is 0 Å². The van der Waals surface area contributed by atoms with Gasteiger partial charge in [0.15, 0.2) is 0 Å². The van der Waals surface area contributed by atoms with Gasteiger partial charge in [0, 0.05) is 6.42 Å². The van der Waals surface area contributed by atoms with Crippen molar-refractivity contribution >= 4 is 5.97 Å². The molecule has 0 aliphatic heterocycles. The molecule has 0 aromatic rings. The Balaban J connectivity index is 3.18. The summed E-state index contributed by atoms with van der Waals surface area (Å²) in [6, 6.07) is 0. The molecule has 2 nitrogen and oxygen atoms in total. The molecular weight excluding hydrogens is 248 g/mol. The highest BCUT2D eigenvalue weighted by Crippen LogP contribution is 2.05. The molecule has 0 unspecified atom stereocenters. The van der Waals surface area contributed by atoms with Gasteiger partial charge in [0.05, 0.1) is 0 Å². The molecule has 0 rings (SSSR count). The third-order valence-electron chi connectivity index (χ3n) is 3.31. The summed E-state index contributed by atoms with van der Waals surface area (Å²) in [5, 5.41) is 8.49. The van der Waals surface area contributed by atoms with E-state index in [0.29, 0.717) is 6.42 Å². The Morgan fingerprint density at radius 1 is 0.750 bits per heavy atom. The molecule has 0 bridgehead atoms. The van der Waals surface area contributed by atoms with Crippen LogP contribution < -0.4 is 0 Å². The Hall–Kier alpha value is -1.05. The van der Waals surface area contributed by atoms with Gasteiger partial charge in [0.2, 0.25) is 0 Å². The molecule has 0 saturated carbocycles. The number of carboxylic acid groups (broad SMARTS) is 1. The van der Waals surface area contributed by atoms with Crippen LogP contribution in [0.5, 0.6) is 0 Å². The van der Waals surface area contributed by atoms with Crippen molar-refractivity contribution in [2.45, 2.75) is 84.0 Å². The molecule has 0 aliphatic carbocycles. The van der Waals surface area contributed by atoms with Crippen molar-refractivity contribution in [3.8, 4) is 0 Å². The second-order valence-corrected chi connectivity index (χ2v) is 5.36. The molecule has 1 N–H and O–H groups in total. The van der Waals surface area contributed by atoms with Crippen molar-refractivity contribution in [3.05, 3.63) is 24.3 Å². The lowest BCUT2D eigenvalue weighted by Crippen LogP contribution is -1.92. The number of hydrogen-bond donors (Lipinski definition) is 1. The zero-order valence-electron chi connectivity index (χ0n) is 13.2. The van der Waals surface area contributed by atoms with E-state index in [2.05, 4.69) is 31.2 Å². The molecule has 0 aliphatic rings. The summed E-state index contributed by atoms with van der Waals surface area (Å²) in [4.78, 5) is 10.3. The van der Waals surface area contributed by atoms with Gasteiger partial charge < -0.3 is 5.11 Å². The molecule has 2 heteroatoms. The highest BCUT2D eigenvalue weighted by atomic mass is 16.4. The number of unbranched alkanes of at least 4 members (excludes halogenated alkanes) is 8. The summed E-state index contributed by atoms with van der Waals surface area (Å²) in [5.41, 5.74) is 0. The normalized spacial score (nSPS) is 11.7. The van der Waals surface area contributed by atoms with E-state index >= 15 is 0 Å². The molecule has 116 valence electrons. The SMILES string of the molecule is CCCCCC/C=C\CCC/C=C\CCCCC(=O)O. The first-order valence-corrected chi connectivity index (χ1v) is 8.29. The minimum atomic E-state index is -0.685. The number of carboxylic acids is 1. The average molecular weight is 280 g/mol. The maximum Gasteiger partial charge on any atom is 0.303 e. The average Bonchev–Trinajstić information content (AvgIpc) is 2.43. The van der Waals surface area contributed by atoms with Crippen molar-refractivity contribution in [2.24, 2.45) is 0 Å². The fourth-order valence-corrected chi connectivity index (χ4v) is 2.05. The van der Waals surface area contributed by atoms with Crippen LogP contribution in [0.4, 0.5) is 0 Å². The molecule has 0 amide bonds. The van der Waals surface area contributed by atoms with Crippen LogP contribution in [0.2, 0.25) is 0 Å². The second kappa shape index (κ2) is 16.0. The van der Waals surface area contributed by atoms with E-state index < -0.39 is 5.97 Å². The molecule has 0 radical (unpaired) electrons. The summed E-state index contributed by atoms with van der Waals surface area (Å²) in [6.45, 7) is 2.25. The molecule has 0 aromatic carbocycles. The molecule has 0 atom stereocenters. The van der Waals surface area contributed by atoms with Crippen molar-refractivity contribution in [1.29, 1.82) is 0 Å². The van der Waals surface area contributed by atoms with Gasteiger partial charge in [-0.15, -0.1) is 0 Å². The summed E-state index contributed by atoms with van der Waals surface area (Å²) in [7, 11) is 0. The van der Waals surface area contributed by atoms with Gasteiger partial charge >= 0.3 is 5.97 Å². The van der Waals surface area contributed by atoms with Crippen LogP contribution in [0, 0.1) is 0 Å². The fourth-order valence-electron chi connectivity index (χ4n) is 2.05. The van der Waals surface area contributed by atoms with E-state index in [-0.39, 0.29) is 0 Å². The Labute approximate surface area is 125 Å². The third-order valence-corrected chi connectivity index (χ3v) is 3.31. The van der Waals surface area contributed by atoms with Crippen LogP contribution in [0.1, 0.15) is 84.0 Å². The van der Waals surface area contributed by atoms with Crippen LogP contribution in [0.15, 0.2) is 24.3 Å². The van der Waals surface area contributed by atoms with Gasteiger partial charge in [-0.1, -0.05) is 50.5 Å². The Kier molecular flexibility index (Phi) is 15.2. The summed E-state index contributed by atoms with van der Waals surface area (Å²) in [5.74, 6) is -0.685. The Bertz CT molecular complexity index is 267. The van der Waals surface area contributed by atoms with Gasteiger partial charge in [0.1, 0.15) is 0 Å². The molecule has 20 heavy (non-hydrogen) atoms. The number of hydrogen-bond acceptors (Lipinski definition) is 1. The summed E-state index contributed by atoms with van der Waals surface area (Å²) in [6.07, 6.45) is 22.3. The van der Waals surface area contributed by atoms with E-state index in [1.54, 1.807) is 0 Å². The Morgan fingerprint density at radius 3 is 1.75 bits per heavy atom. The minimum Gasteiger partial charge on any atom is -0.481 e. The van der Waals surface area contributed by atoms with E-state index in [9.17, 15) is 4.79 Å². The van der Waals surface area contributed by atoms with Crippen LogP contribution in [-0.4, -0.2) is 11.1 Å². The van der Waals surface area contributed by atoms with E-state index in [4.69, 9.17) is 5.11 Å². The molecule has 0 saturated heterocycles. The molecule has 0 spiro atoms. The van der Waals surface area contributed by atoms with Crippen LogP contribution in [-0.2, 0) is 4.79 Å². The fraction of sp³-hybridized carbons (Fsp3) is 0.722. The smallest absolute Gasteiger partial charge is 0.303 e. The number of rotatable bonds is 14. The van der Waals surface area contributed by atoms with Crippen molar-refractivity contribution < 1.29 is 9.90 Å². The first kappa shape index (κ1) is 18.9. The van der Waals surface area contributed by atoms with Crippen molar-refractivity contribution in [2.75, 3.05) is 0 Å². The largest absolute Gasteiger partial charge is 0.481 e. The van der Waals surface area contributed by atoms with Crippen LogP contribution in [0.25, 0.3) is 0 Å². The van der Waals surface area contributed by atoms with Crippen molar-refractivity contribution in [1.82, 2.24) is 0 Å². The van der Waals surface area contributed by atoms with Gasteiger partial charge in [0.25, 0.3) is 0 Å². The second-order valence-electron chi connectivity index (χ2n) is 5.36. The van der Waals surface area contributed by atoms with E-state index in [1.165, 1.54) is 44.9 Å². The minimum absolute atomic E-state index is 0.302. The number of aliphatic carboxylic acids is 1. The number of allylic oxidation sites excluding steroid dienone is 4. The van der Waals surface area contributed by atoms with E-state index in [0.717, 1.165) is 25.7 Å². The summed E-state index contributed by atoms with van der Waals surface area (Å²) < 4.78 is 0. The predicted octanol–water partition coefficient (Wildman–Crippen LogP) is 5.88. The molecule has 0 aromatic heterocycles. The standard InChI is InChI=1S/C18H32O2/c1-2-3-4-5-6-7-8-9-10-11-12-13-14-15-16-17-18(19)20/h7-8,12-13H,2-6,9-11,14-17H2,1H3,(H,19,20)/b8-7-,13-12-. The quantitative estimate of drug-likeness (QED) is 0.318. The lowest BCUT2D eigenvalue weighted by Gasteiger charge is -1.95. The Morgan fingerprint density at radius 2 is 1.25 bits per heavy atom. The monoisotopic (exact) mass is 280 g/mol. The number of carbonyl (C=O) groups is 1. The topological polar surface area (TPSA) is 37.3 Å². The van der Waals surface area contributed by atoms with Gasteiger partial charge in [-0.3, -0.25) is 4.79 Å². The zero-order chi connectivity index (χ0) is 14.9. The lowest BCUT2D eigenvalue weighted by molar-refractivity contribution is -0.137. The van der Waals surface area contributed by atoms with Crippen LogP contribution in [0.3, 0.4) is 0 Å². The molecular formula is C18H32O2. The summed E-state index contributed by atoms with van der Waals surface area (Å²) >= 11 is 0. The predicted molar refractivity (Wildman–Crippen MR) is 87.0 cm³/mol.